The van der Waals surface area contributed by atoms with Gasteiger partial charge in [0.05, 0.1) is 34.0 Å². The lowest BCUT2D eigenvalue weighted by atomic mass is 10.2. The van der Waals surface area contributed by atoms with E-state index in [9.17, 15) is 4.79 Å². The Morgan fingerprint density at radius 2 is 2.04 bits per heavy atom. The first-order chi connectivity index (χ1) is 12.6. The molecule has 0 unspecified atom stereocenters. The number of carbonyl (C=O) groups excluding carboxylic acids is 1. The van der Waals surface area contributed by atoms with Gasteiger partial charge < -0.3 is 9.64 Å². The fourth-order valence-electron chi connectivity index (χ4n) is 2.82. The zero-order valence-electron chi connectivity index (χ0n) is 13.7. The number of fused-ring (bicyclic) bond motifs is 1. The van der Waals surface area contributed by atoms with Crippen molar-refractivity contribution in [3.05, 3.63) is 50.6 Å². The maximum absolute atomic E-state index is 12.5. The molecule has 8 heteroatoms. The van der Waals surface area contributed by atoms with Crippen molar-refractivity contribution in [2.45, 2.75) is 0 Å². The lowest BCUT2D eigenvalue weighted by molar-refractivity contribution is 0.102. The Kier molecular flexibility index (Phi) is 5.30. The van der Waals surface area contributed by atoms with Crippen LogP contribution in [-0.2, 0) is 4.74 Å². The van der Waals surface area contributed by atoms with Crippen LogP contribution in [-0.4, -0.2) is 37.2 Å². The summed E-state index contributed by atoms with van der Waals surface area (Å²) in [5.41, 5.74) is 2.48. The minimum Gasteiger partial charge on any atom is -0.378 e. The highest BCUT2D eigenvalue weighted by Crippen LogP contribution is 2.31. The monoisotopic (exact) mass is 499 g/mol. The summed E-state index contributed by atoms with van der Waals surface area (Å²) in [6.07, 6.45) is 0. The van der Waals surface area contributed by atoms with Gasteiger partial charge in [0.25, 0.3) is 5.91 Å². The number of amides is 1. The van der Waals surface area contributed by atoms with Crippen LogP contribution in [0.4, 0.5) is 10.8 Å². The molecule has 1 aliphatic rings. The second-order valence-electron chi connectivity index (χ2n) is 5.85. The Hall–Kier alpha value is -1.42. The van der Waals surface area contributed by atoms with Crippen LogP contribution in [0.2, 0.25) is 5.02 Å². The van der Waals surface area contributed by atoms with Crippen LogP contribution in [0.25, 0.3) is 10.2 Å². The fraction of sp³-hybridized carbons (Fsp3) is 0.222. The van der Waals surface area contributed by atoms with E-state index in [4.69, 9.17) is 16.3 Å². The number of anilines is 2. The van der Waals surface area contributed by atoms with Gasteiger partial charge in [-0.3, -0.25) is 10.1 Å². The van der Waals surface area contributed by atoms with Gasteiger partial charge in [-0.15, -0.1) is 0 Å². The second kappa shape index (κ2) is 7.67. The van der Waals surface area contributed by atoms with E-state index in [1.807, 2.05) is 12.1 Å². The molecule has 134 valence electrons. The molecule has 1 fully saturated rings. The number of halogens is 2. The number of benzene rings is 2. The molecule has 1 amide bonds. The normalized spacial score (nSPS) is 14.6. The van der Waals surface area contributed by atoms with Crippen molar-refractivity contribution in [3.63, 3.8) is 0 Å². The largest absolute Gasteiger partial charge is 0.378 e. The summed E-state index contributed by atoms with van der Waals surface area (Å²) in [6.45, 7) is 3.27. The van der Waals surface area contributed by atoms with E-state index in [1.165, 1.54) is 11.3 Å². The highest BCUT2D eigenvalue weighted by atomic mass is 127. The third-order valence-electron chi connectivity index (χ3n) is 4.14. The highest BCUT2D eigenvalue weighted by Gasteiger charge is 2.15. The van der Waals surface area contributed by atoms with E-state index in [2.05, 4.69) is 49.9 Å². The molecule has 0 spiro atoms. The molecule has 1 aromatic heterocycles. The van der Waals surface area contributed by atoms with Crippen molar-refractivity contribution in [1.82, 2.24) is 4.98 Å². The van der Waals surface area contributed by atoms with Crippen molar-refractivity contribution < 1.29 is 9.53 Å². The van der Waals surface area contributed by atoms with Gasteiger partial charge >= 0.3 is 0 Å². The molecule has 1 aliphatic heterocycles. The van der Waals surface area contributed by atoms with Gasteiger partial charge in [-0.2, -0.15) is 0 Å². The van der Waals surface area contributed by atoms with Crippen molar-refractivity contribution in [3.8, 4) is 0 Å². The molecular weight excluding hydrogens is 485 g/mol. The average molecular weight is 500 g/mol. The quantitative estimate of drug-likeness (QED) is 0.534. The van der Waals surface area contributed by atoms with E-state index < -0.39 is 0 Å². The minimum atomic E-state index is -0.249. The summed E-state index contributed by atoms with van der Waals surface area (Å²) in [4.78, 5) is 19.3. The highest BCUT2D eigenvalue weighted by molar-refractivity contribution is 14.1. The molecule has 2 heterocycles. The van der Waals surface area contributed by atoms with E-state index in [-0.39, 0.29) is 5.91 Å². The number of hydrogen-bond donors (Lipinski definition) is 1. The number of carbonyl (C=O) groups is 1. The summed E-state index contributed by atoms with van der Waals surface area (Å²) >= 11 is 9.77. The zero-order valence-corrected chi connectivity index (χ0v) is 17.4. The molecule has 5 nitrogen and oxygen atoms in total. The number of aromatic nitrogens is 1. The first-order valence-electron chi connectivity index (χ1n) is 8.10. The molecule has 0 radical (unpaired) electrons. The van der Waals surface area contributed by atoms with Crippen molar-refractivity contribution in [2.75, 3.05) is 36.5 Å². The van der Waals surface area contributed by atoms with Crippen LogP contribution >= 0.6 is 45.5 Å². The molecule has 26 heavy (non-hydrogen) atoms. The van der Waals surface area contributed by atoms with Crippen LogP contribution in [0, 0.1) is 3.57 Å². The minimum absolute atomic E-state index is 0.249. The molecule has 2 aromatic carbocycles. The molecule has 4 rings (SSSR count). The molecule has 3 aromatic rings. The third kappa shape index (κ3) is 3.80. The maximum atomic E-state index is 12.5. The van der Waals surface area contributed by atoms with Gasteiger partial charge in [0.1, 0.15) is 0 Å². The summed E-state index contributed by atoms with van der Waals surface area (Å²) in [5.74, 6) is -0.249. The maximum Gasteiger partial charge on any atom is 0.258 e. The zero-order chi connectivity index (χ0) is 18.1. The van der Waals surface area contributed by atoms with E-state index in [0.29, 0.717) is 15.7 Å². The smallest absolute Gasteiger partial charge is 0.258 e. The molecule has 0 aliphatic carbocycles. The Morgan fingerprint density at radius 1 is 1.23 bits per heavy atom. The van der Waals surface area contributed by atoms with Gasteiger partial charge in [0.2, 0.25) is 0 Å². The number of thiazole rings is 1. The first kappa shape index (κ1) is 18.0. The number of rotatable bonds is 3. The summed E-state index contributed by atoms with van der Waals surface area (Å²) in [5, 5.41) is 3.86. The van der Waals surface area contributed by atoms with Gasteiger partial charge in [-0.1, -0.05) is 22.9 Å². The number of ether oxygens (including phenoxy) is 1. The van der Waals surface area contributed by atoms with E-state index in [1.54, 1.807) is 12.1 Å². The number of nitrogens with zero attached hydrogens (tertiary/aromatic N) is 2. The van der Waals surface area contributed by atoms with Crippen molar-refractivity contribution in [2.24, 2.45) is 0 Å². The van der Waals surface area contributed by atoms with Crippen LogP contribution in [0.3, 0.4) is 0 Å². The third-order valence-corrected chi connectivity index (χ3v) is 6.08. The lowest BCUT2D eigenvalue weighted by Gasteiger charge is -2.28. The van der Waals surface area contributed by atoms with E-state index in [0.717, 1.165) is 45.8 Å². The van der Waals surface area contributed by atoms with Crippen molar-refractivity contribution >= 4 is 72.5 Å². The van der Waals surface area contributed by atoms with Crippen LogP contribution in [0.1, 0.15) is 10.4 Å². The standard InChI is InChI=1S/C18H15ClIN3O2S/c19-14-3-1-11(20)9-13(14)17(24)22-18-21-15-4-2-12(10-16(15)26-18)23-5-7-25-8-6-23/h1-4,9-10H,5-8H2,(H,21,22,24). The van der Waals surface area contributed by atoms with Gasteiger partial charge in [-0.25, -0.2) is 4.98 Å². The predicted molar refractivity (Wildman–Crippen MR) is 115 cm³/mol. The van der Waals surface area contributed by atoms with Gasteiger partial charge in [0, 0.05) is 22.3 Å². The number of morpholine rings is 1. The lowest BCUT2D eigenvalue weighted by Crippen LogP contribution is -2.36. The first-order valence-corrected chi connectivity index (χ1v) is 10.4. The van der Waals surface area contributed by atoms with Gasteiger partial charge in [0.15, 0.2) is 5.13 Å². The van der Waals surface area contributed by atoms with E-state index >= 15 is 0 Å². The summed E-state index contributed by atoms with van der Waals surface area (Å²) < 4.78 is 7.40. The topological polar surface area (TPSA) is 54.5 Å². The average Bonchev–Trinajstić information content (AvgIpc) is 3.05. The summed E-state index contributed by atoms with van der Waals surface area (Å²) in [7, 11) is 0. The summed E-state index contributed by atoms with van der Waals surface area (Å²) in [6, 6.07) is 11.5. The van der Waals surface area contributed by atoms with Crippen LogP contribution < -0.4 is 10.2 Å². The SMILES string of the molecule is O=C(Nc1nc2ccc(N3CCOCC3)cc2s1)c1cc(I)ccc1Cl. The van der Waals surface area contributed by atoms with Crippen LogP contribution in [0.5, 0.6) is 0 Å². The molecule has 0 atom stereocenters. The predicted octanol–water partition coefficient (Wildman–Crippen LogP) is 4.64. The molecule has 0 saturated carbocycles. The Bertz CT molecular complexity index is 972. The fourth-order valence-corrected chi connectivity index (χ4v) is 4.41. The second-order valence-corrected chi connectivity index (χ2v) is 8.53. The molecule has 0 bridgehead atoms. The number of hydrogen-bond acceptors (Lipinski definition) is 5. The van der Waals surface area contributed by atoms with Crippen LogP contribution in [0.15, 0.2) is 36.4 Å². The molecular formula is C18H15ClIN3O2S. The molecule has 1 saturated heterocycles. The Balaban J connectivity index is 1.57. The van der Waals surface area contributed by atoms with Crippen molar-refractivity contribution in [1.29, 1.82) is 0 Å². The Morgan fingerprint density at radius 3 is 2.85 bits per heavy atom. The molecule has 1 N–H and O–H groups in total. The Labute approximate surface area is 173 Å². The number of nitrogens with one attached hydrogen (secondary N) is 1. The van der Waals surface area contributed by atoms with Gasteiger partial charge in [-0.05, 0) is 59.0 Å².